The predicted octanol–water partition coefficient (Wildman–Crippen LogP) is 6.40. The van der Waals surface area contributed by atoms with Gasteiger partial charge in [-0.25, -0.2) is 9.59 Å². The van der Waals surface area contributed by atoms with Crippen LogP contribution in [0.3, 0.4) is 0 Å². The van der Waals surface area contributed by atoms with Crippen LogP contribution < -0.4 is 25.0 Å². The minimum atomic E-state index is -5.67. The van der Waals surface area contributed by atoms with Crippen molar-refractivity contribution in [2.24, 2.45) is 10.2 Å². The zero-order valence-electron chi connectivity index (χ0n) is 32.4. The zero-order valence-corrected chi connectivity index (χ0v) is 35.6. The Morgan fingerprint density at radius 3 is 1.82 bits per heavy atom. The molecule has 19 nitrogen and oxygen atoms in total. The topological polar surface area (TPSA) is 254 Å². The summed E-state index contributed by atoms with van der Waals surface area (Å²) in [5.41, 5.74) is -3.03. The van der Waals surface area contributed by atoms with Crippen molar-refractivity contribution in [3.63, 3.8) is 0 Å². The number of alkyl halides is 6. The average Bonchev–Trinajstić information content (AvgIpc) is 3.84. The Kier molecular flexibility index (Phi) is 15.8. The highest BCUT2D eigenvalue weighted by atomic mass is 32.2. The molecule has 0 saturated heterocycles. The number of nitrogens with one attached hydrogen (secondary N) is 2. The van der Waals surface area contributed by atoms with Crippen LogP contribution in [0.15, 0.2) is 40.6 Å². The lowest BCUT2D eigenvalue weighted by Crippen LogP contribution is -2.30. The van der Waals surface area contributed by atoms with E-state index in [1.807, 2.05) is 16.8 Å². The molecule has 4 heterocycles. The van der Waals surface area contributed by atoms with E-state index < -0.39 is 43.0 Å². The lowest BCUT2D eigenvalue weighted by Gasteiger charge is -2.28. The third-order valence-electron chi connectivity index (χ3n) is 8.09. The average molecular weight is 946 g/mol. The van der Waals surface area contributed by atoms with Gasteiger partial charge in [0.05, 0.1) is 24.6 Å². The number of carbonyl (C=O) groups excluding carboxylic acids is 2. The number of carbonyl (C=O) groups is 2. The van der Waals surface area contributed by atoms with Crippen molar-refractivity contribution in [1.82, 2.24) is 20.4 Å². The maximum atomic E-state index is 12.9. The second-order valence-corrected chi connectivity index (χ2v) is 17.8. The summed E-state index contributed by atoms with van der Waals surface area (Å²) in [6.45, 7) is 5.28. The van der Waals surface area contributed by atoms with Gasteiger partial charge in [0.25, 0.3) is 5.13 Å². The Balaban J connectivity index is 0.000000230. The number of rotatable bonds is 10. The van der Waals surface area contributed by atoms with Gasteiger partial charge in [-0.3, -0.25) is 9.44 Å². The molecule has 334 valence electrons. The summed E-state index contributed by atoms with van der Waals surface area (Å²) in [6, 6.07) is 7.19. The molecule has 0 unspecified atom stereocenters. The number of nitrogen functional groups attached to an aromatic ring is 1. The van der Waals surface area contributed by atoms with Gasteiger partial charge in [0, 0.05) is 38.6 Å². The smallest absolute Gasteiger partial charge is 0.461 e. The van der Waals surface area contributed by atoms with Gasteiger partial charge in [-0.1, -0.05) is 28.7 Å². The van der Waals surface area contributed by atoms with Gasteiger partial charge in [0.1, 0.15) is 5.69 Å². The highest BCUT2D eigenvalue weighted by molar-refractivity contribution is 7.93. The molecule has 29 heteroatoms. The number of anilines is 5. The van der Waals surface area contributed by atoms with Gasteiger partial charge in [-0.05, 0) is 74.9 Å². The molecule has 61 heavy (non-hydrogen) atoms. The molecular weight excluding hydrogens is 909 g/mol. The minimum Gasteiger partial charge on any atom is -0.461 e. The first kappa shape index (κ1) is 48.2. The third kappa shape index (κ3) is 12.8. The van der Waals surface area contributed by atoms with Gasteiger partial charge in [0.15, 0.2) is 0 Å². The maximum Gasteiger partial charge on any atom is 0.516 e. The van der Waals surface area contributed by atoms with E-state index >= 15 is 0 Å². The van der Waals surface area contributed by atoms with Gasteiger partial charge in [0.2, 0.25) is 15.1 Å². The van der Waals surface area contributed by atoms with Crippen molar-refractivity contribution in [1.29, 1.82) is 0 Å². The molecular formula is C32H37F6N11O8S4. The summed E-state index contributed by atoms with van der Waals surface area (Å²) in [5, 5.41) is 22.2. The number of hydrogen-bond acceptors (Lipinski definition) is 19. The molecule has 0 amide bonds. The summed E-state index contributed by atoms with van der Waals surface area (Å²) in [5.74, 6) is -1.17. The quantitative estimate of drug-likeness (QED) is 0.0883. The SMILES string of the molecule is CCOC(=O)c1nnc(N)s1.CCOC(=O)c1nnc(N=Nc2cc3c(cc2NS(=O)(=O)C(F)(F)F)N(C)CCC3)s1.CN1CCCc2ccc(NS(=O)(=O)C(F)(F)F)cc21. The second-order valence-electron chi connectivity index (χ2n) is 12.5. The summed E-state index contributed by atoms with van der Waals surface area (Å²) in [4.78, 5) is 26.2. The van der Waals surface area contributed by atoms with Crippen LogP contribution in [-0.4, -0.2) is 101 Å². The Morgan fingerprint density at radius 1 is 0.754 bits per heavy atom. The van der Waals surface area contributed by atoms with Crippen LogP contribution in [0.1, 0.15) is 57.4 Å². The van der Waals surface area contributed by atoms with Crippen molar-refractivity contribution in [3.8, 4) is 0 Å². The number of aryl methyl sites for hydroxylation is 2. The normalized spacial score (nSPS) is 14.1. The number of benzene rings is 2. The van der Waals surface area contributed by atoms with E-state index in [1.165, 1.54) is 29.0 Å². The number of nitrogens with two attached hydrogens (primary N) is 1. The van der Waals surface area contributed by atoms with Gasteiger partial charge in [-0.2, -0.15) is 43.2 Å². The lowest BCUT2D eigenvalue weighted by molar-refractivity contribution is -0.0435. The fourth-order valence-corrected chi connectivity index (χ4v) is 7.53. The highest BCUT2D eigenvalue weighted by Crippen LogP contribution is 2.39. The van der Waals surface area contributed by atoms with Crippen molar-refractivity contribution in [2.45, 2.75) is 50.5 Å². The Bertz CT molecular complexity index is 2450. The largest absolute Gasteiger partial charge is 0.516 e. The third-order valence-corrected chi connectivity index (χ3v) is 11.8. The van der Waals surface area contributed by atoms with E-state index in [2.05, 4.69) is 35.4 Å². The summed E-state index contributed by atoms with van der Waals surface area (Å²) in [7, 11) is -7.46. The molecule has 0 bridgehead atoms. The van der Waals surface area contributed by atoms with Gasteiger partial charge >= 0.3 is 43.0 Å². The minimum absolute atomic E-state index is 0.0532. The van der Waals surface area contributed by atoms with Crippen molar-refractivity contribution in [3.05, 3.63) is 51.5 Å². The van der Waals surface area contributed by atoms with Crippen LogP contribution in [0.25, 0.3) is 0 Å². The number of azo groups is 1. The van der Waals surface area contributed by atoms with E-state index in [0.717, 1.165) is 65.3 Å². The molecule has 0 atom stereocenters. The molecule has 2 aliphatic heterocycles. The molecule has 0 fully saturated rings. The number of hydrogen-bond donors (Lipinski definition) is 3. The van der Waals surface area contributed by atoms with E-state index in [1.54, 1.807) is 31.7 Å². The van der Waals surface area contributed by atoms with Crippen LogP contribution in [0.5, 0.6) is 0 Å². The number of sulfonamides is 2. The van der Waals surface area contributed by atoms with E-state index in [4.69, 9.17) is 10.5 Å². The molecule has 2 aliphatic rings. The monoisotopic (exact) mass is 945 g/mol. The standard InChI is InChI=1S/C16H17F3N6O4S2.C11H13F3N2O2S.C5H7N3O2S/c1-3-29-14(26)13-21-23-15(30-13)22-20-10-7-9-5-4-6-25(2)12(9)8-11(10)24-31(27,28)16(17,18)19;1-16-6-2-3-8-4-5-9(7-10(8)16)15-19(17,18)11(12,13)14;1-2-10-4(9)3-7-8-5(6)11-3/h7-8,24H,3-6H2,1-2H3;4-5,7,15H,2-3,6H2,1H3;2H2,1H3,(H2,6,8). The summed E-state index contributed by atoms with van der Waals surface area (Å²) < 4.78 is 133. The van der Waals surface area contributed by atoms with E-state index in [9.17, 15) is 52.8 Å². The van der Waals surface area contributed by atoms with Crippen LogP contribution in [0.2, 0.25) is 0 Å². The molecule has 6 rings (SSSR count). The lowest BCUT2D eigenvalue weighted by atomic mass is 10.0. The molecule has 4 N–H and O–H groups in total. The van der Waals surface area contributed by atoms with Crippen LogP contribution in [-0.2, 0) is 42.4 Å². The van der Waals surface area contributed by atoms with Crippen molar-refractivity contribution in [2.75, 3.05) is 65.4 Å². The number of esters is 2. The number of fused-ring (bicyclic) bond motifs is 2. The number of aromatic nitrogens is 4. The molecule has 4 aromatic rings. The summed E-state index contributed by atoms with van der Waals surface area (Å²) >= 11 is 1.79. The fourth-order valence-electron chi connectivity index (χ4n) is 5.34. The summed E-state index contributed by atoms with van der Waals surface area (Å²) in [6.07, 6.45) is 3.26. The number of halogens is 6. The maximum absolute atomic E-state index is 12.9. The van der Waals surface area contributed by atoms with Crippen molar-refractivity contribution < 1.29 is 62.2 Å². The van der Waals surface area contributed by atoms with Crippen LogP contribution in [0.4, 0.5) is 65.0 Å². The van der Waals surface area contributed by atoms with Crippen molar-refractivity contribution >= 4 is 93.4 Å². The van der Waals surface area contributed by atoms with Gasteiger partial charge in [-0.15, -0.1) is 30.6 Å². The highest BCUT2D eigenvalue weighted by Gasteiger charge is 2.47. The number of ether oxygens (including phenoxy) is 2. The first-order valence-corrected chi connectivity index (χ1v) is 22.1. The molecule has 0 spiro atoms. The molecule has 0 saturated carbocycles. The predicted molar refractivity (Wildman–Crippen MR) is 214 cm³/mol. The Labute approximate surface area is 352 Å². The van der Waals surface area contributed by atoms with Crippen LogP contribution in [0, 0.1) is 0 Å². The fraction of sp³-hybridized carbons (Fsp3) is 0.438. The van der Waals surface area contributed by atoms with Crippen LogP contribution >= 0.6 is 22.7 Å². The first-order valence-electron chi connectivity index (χ1n) is 17.5. The van der Waals surface area contributed by atoms with E-state index in [0.29, 0.717) is 25.3 Å². The molecule has 2 aromatic carbocycles. The molecule has 0 aliphatic carbocycles. The number of nitrogens with zero attached hydrogens (tertiary/aromatic N) is 8. The molecule has 0 radical (unpaired) electrons. The Hall–Kier alpha value is -5.42. The molecule has 2 aromatic heterocycles. The van der Waals surface area contributed by atoms with Gasteiger partial charge < -0.3 is 25.0 Å². The Morgan fingerprint density at radius 2 is 1.28 bits per heavy atom. The second kappa shape index (κ2) is 20.0. The first-order chi connectivity index (χ1) is 28.5. The van der Waals surface area contributed by atoms with E-state index in [-0.39, 0.29) is 43.9 Å². The zero-order chi connectivity index (χ0) is 45.3.